The fourth-order valence-electron chi connectivity index (χ4n) is 5.11. The molecule has 3 fully saturated rings. The summed E-state index contributed by atoms with van der Waals surface area (Å²) in [6.45, 7) is 3.65. The van der Waals surface area contributed by atoms with Gasteiger partial charge in [-0.25, -0.2) is 4.79 Å². The second-order valence-corrected chi connectivity index (χ2v) is 9.33. The van der Waals surface area contributed by atoms with Crippen LogP contribution < -0.4 is 5.32 Å². The molecule has 1 aliphatic carbocycles. The van der Waals surface area contributed by atoms with Crippen LogP contribution in [0.2, 0.25) is 0 Å². The van der Waals surface area contributed by atoms with E-state index in [1.165, 1.54) is 25.7 Å². The molecule has 0 bridgehead atoms. The number of hydrogen-bond donors (Lipinski definition) is 1. The number of nitrogens with one attached hydrogen (secondary N) is 1. The lowest BCUT2D eigenvalue weighted by atomic mass is 9.86. The summed E-state index contributed by atoms with van der Waals surface area (Å²) in [5.41, 5.74) is 0.871. The maximum absolute atomic E-state index is 13.1. The molecule has 2 amide bonds. The third kappa shape index (κ3) is 5.09. The Labute approximate surface area is 184 Å². The number of hydrogen-bond acceptors (Lipinski definition) is 5. The minimum absolute atomic E-state index is 0.0546. The molecule has 2 saturated heterocycles. The predicted molar refractivity (Wildman–Crippen MR) is 119 cm³/mol. The van der Waals surface area contributed by atoms with Crippen molar-refractivity contribution in [2.45, 2.75) is 69.9 Å². The molecule has 2 aromatic rings. The summed E-state index contributed by atoms with van der Waals surface area (Å²) in [5, 5.41) is 11.6. The Morgan fingerprint density at radius 2 is 1.77 bits per heavy atom. The number of rotatable bonds is 5. The molecule has 31 heavy (non-hydrogen) atoms. The number of urea groups is 1. The van der Waals surface area contributed by atoms with Crippen molar-refractivity contribution in [3.8, 4) is 0 Å². The molecule has 1 aromatic heterocycles. The predicted octanol–water partition coefficient (Wildman–Crippen LogP) is 4.64. The standard InChI is InChI=1S/C24H33N5O2/c30-24(25-20-7-3-1-4-8-20)29-14-6-2-5-9-21(29)18-12-15-28(16-13-18)17-22-26-27-23(31-22)19-10-11-19/h1,3-4,7-8,18-19,21H,2,5-6,9-17H2,(H,25,30). The number of anilines is 1. The maximum Gasteiger partial charge on any atom is 0.322 e. The highest BCUT2D eigenvalue weighted by molar-refractivity contribution is 5.89. The first-order valence-electron chi connectivity index (χ1n) is 11.9. The van der Waals surface area contributed by atoms with Crippen LogP contribution in [0.4, 0.5) is 10.5 Å². The molecule has 1 aromatic carbocycles. The Kier molecular flexibility index (Phi) is 6.20. The second kappa shape index (κ2) is 9.39. The van der Waals surface area contributed by atoms with Crippen molar-refractivity contribution in [2.24, 2.45) is 5.92 Å². The van der Waals surface area contributed by atoms with E-state index in [1.807, 2.05) is 30.3 Å². The molecule has 1 atom stereocenters. The second-order valence-electron chi connectivity index (χ2n) is 9.33. The minimum atomic E-state index is 0.0546. The minimum Gasteiger partial charge on any atom is -0.424 e. The van der Waals surface area contributed by atoms with Gasteiger partial charge in [0.15, 0.2) is 0 Å². The van der Waals surface area contributed by atoms with Crippen molar-refractivity contribution in [1.29, 1.82) is 0 Å². The molecule has 3 heterocycles. The van der Waals surface area contributed by atoms with E-state index in [9.17, 15) is 4.79 Å². The number of amides is 2. The summed E-state index contributed by atoms with van der Waals surface area (Å²) in [6.07, 6.45) is 9.23. The van der Waals surface area contributed by atoms with Crippen LogP contribution in [0.25, 0.3) is 0 Å². The lowest BCUT2D eigenvalue weighted by molar-refractivity contribution is 0.0985. The number of aromatic nitrogens is 2. The van der Waals surface area contributed by atoms with Gasteiger partial charge in [-0.1, -0.05) is 31.0 Å². The van der Waals surface area contributed by atoms with Gasteiger partial charge in [-0.2, -0.15) is 0 Å². The normalized spacial score (nSPS) is 23.5. The number of nitrogens with zero attached hydrogens (tertiary/aromatic N) is 4. The van der Waals surface area contributed by atoms with Crippen molar-refractivity contribution in [3.63, 3.8) is 0 Å². The number of para-hydroxylation sites is 1. The van der Waals surface area contributed by atoms with Gasteiger partial charge in [0.25, 0.3) is 0 Å². The van der Waals surface area contributed by atoms with Gasteiger partial charge in [0, 0.05) is 24.2 Å². The zero-order valence-corrected chi connectivity index (χ0v) is 18.2. The van der Waals surface area contributed by atoms with Gasteiger partial charge in [-0.05, 0) is 69.7 Å². The van der Waals surface area contributed by atoms with Crippen molar-refractivity contribution >= 4 is 11.7 Å². The molecule has 1 N–H and O–H groups in total. The average Bonchev–Trinajstić information content (AvgIpc) is 3.59. The maximum atomic E-state index is 13.1. The number of piperidine rings is 1. The molecule has 1 unspecified atom stereocenters. The van der Waals surface area contributed by atoms with E-state index < -0.39 is 0 Å². The van der Waals surface area contributed by atoms with Crippen molar-refractivity contribution in [2.75, 3.05) is 25.0 Å². The molecule has 3 aliphatic rings. The largest absolute Gasteiger partial charge is 0.424 e. The molecule has 5 rings (SSSR count). The number of carbonyl (C=O) groups excluding carboxylic acids is 1. The van der Waals surface area contributed by atoms with Crippen LogP contribution in [0.5, 0.6) is 0 Å². The van der Waals surface area contributed by atoms with Gasteiger partial charge in [0.1, 0.15) is 0 Å². The fraction of sp³-hybridized carbons (Fsp3) is 0.625. The summed E-state index contributed by atoms with van der Waals surface area (Å²) in [5.74, 6) is 2.64. The van der Waals surface area contributed by atoms with E-state index >= 15 is 0 Å². The van der Waals surface area contributed by atoms with Gasteiger partial charge in [-0.15, -0.1) is 10.2 Å². The molecular formula is C24H33N5O2. The highest BCUT2D eigenvalue weighted by Crippen LogP contribution is 2.39. The van der Waals surface area contributed by atoms with Gasteiger partial charge < -0.3 is 14.6 Å². The fourth-order valence-corrected chi connectivity index (χ4v) is 5.11. The summed E-state index contributed by atoms with van der Waals surface area (Å²) in [4.78, 5) is 17.7. The van der Waals surface area contributed by atoms with E-state index in [0.717, 1.165) is 69.3 Å². The SMILES string of the molecule is O=C(Nc1ccccc1)N1CCCCCC1C1CCN(Cc2nnc(C3CC3)o2)CC1. The third-order valence-electron chi connectivity index (χ3n) is 7.03. The average molecular weight is 424 g/mol. The molecule has 166 valence electrons. The Morgan fingerprint density at radius 3 is 2.55 bits per heavy atom. The summed E-state index contributed by atoms with van der Waals surface area (Å²) < 4.78 is 5.85. The van der Waals surface area contributed by atoms with Crippen LogP contribution in [0.15, 0.2) is 34.7 Å². The van der Waals surface area contributed by atoms with Gasteiger partial charge in [-0.3, -0.25) is 4.90 Å². The lowest BCUT2D eigenvalue weighted by Crippen LogP contribution is -2.49. The van der Waals surface area contributed by atoms with Crippen molar-refractivity contribution in [3.05, 3.63) is 42.1 Å². The third-order valence-corrected chi connectivity index (χ3v) is 7.03. The van der Waals surface area contributed by atoms with Crippen LogP contribution in [-0.2, 0) is 6.54 Å². The summed E-state index contributed by atoms with van der Waals surface area (Å²) >= 11 is 0. The van der Waals surface area contributed by atoms with Gasteiger partial charge >= 0.3 is 6.03 Å². The first kappa shape index (κ1) is 20.5. The monoisotopic (exact) mass is 423 g/mol. The van der Waals surface area contributed by atoms with Crippen LogP contribution >= 0.6 is 0 Å². The van der Waals surface area contributed by atoms with Gasteiger partial charge in [0.2, 0.25) is 11.8 Å². The lowest BCUT2D eigenvalue weighted by Gasteiger charge is -2.40. The van der Waals surface area contributed by atoms with Crippen LogP contribution in [-0.4, -0.2) is 51.7 Å². The molecule has 7 heteroatoms. The zero-order chi connectivity index (χ0) is 21.0. The quantitative estimate of drug-likeness (QED) is 0.759. The molecule has 7 nitrogen and oxygen atoms in total. The van der Waals surface area contributed by atoms with E-state index in [4.69, 9.17) is 4.42 Å². The summed E-state index contributed by atoms with van der Waals surface area (Å²) in [7, 11) is 0. The van der Waals surface area contributed by atoms with Crippen molar-refractivity contribution in [1.82, 2.24) is 20.0 Å². The van der Waals surface area contributed by atoms with Crippen LogP contribution in [0.3, 0.4) is 0 Å². The smallest absolute Gasteiger partial charge is 0.322 e. The molecule has 0 radical (unpaired) electrons. The molecule has 2 aliphatic heterocycles. The summed E-state index contributed by atoms with van der Waals surface area (Å²) in [6, 6.07) is 10.2. The highest BCUT2D eigenvalue weighted by atomic mass is 16.4. The van der Waals surface area contributed by atoms with Crippen LogP contribution in [0.1, 0.15) is 69.1 Å². The van der Waals surface area contributed by atoms with Gasteiger partial charge in [0.05, 0.1) is 6.54 Å². The Balaban J connectivity index is 1.18. The number of likely N-dealkylation sites (tertiary alicyclic amines) is 2. The first-order chi connectivity index (χ1) is 15.3. The Bertz CT molecular complexity index is 858. The number of carbonyl (C=O) groups is 1. The number of benzene rings is 1. The molecular weight excluding hydrogens is 390 g/mol. The van der Waals surface area contributed by atoms with Crippen molar-refractivity contribution < 1.29 is 9.21 Å². The van der Waals surface area contributed by atoms with E-state index in [-0.39, 0.29) is 6.03 Å². The molecule has 0 spiro atoms. The van der Waals surface area contributed by atoms with E-state index in [0.29, 0.717) is 17.9 Å². The Morgan fingerprint density at radius 1 is 0.968 bits per heavy atom. The highest BCUT2D eigenvalue weighted by Gasteiger charge is 2.34. The van der Waals surface area contributed by atoms with E-state index in [1.54, 1.807) is 0 Å². The topological polar surface area (TPSA) is 74.5 Å². The van der Waals surface area contributed by atoms with E-state index in [2.05, 4.69) is 25.3 Å². The zero-order valence-electron chi connectivity index (χ0n) is 18.2. The van der Waals surface area contributed by atoms with Crippen LogP contribution in [0, 0.1) is 5.92 Å². The molecule has 1 saturated carbocycles. The first-order valence-corrected chi connectivity index (χ1v) is 11.9. The Hall–Kier alpha value is -2.41.